The fourth-order valence-corrected chi connectivity index (χ4v) is 6.28. The number of rotatable bonds is 5. The molecular formula is C16H20Cl2O2Se. The summed E-state index contributed by atoms with van der Waals surface area (Å²) in [6.45, 7) is 2.12. The molecule has 0 radical (unpaired) electrons. The summed E-state index contributed by atoms with van der Waals surface area (Å²) in [4.78, 5) is 11.9. The Labute approximate surface area is 142 Å². The minimum atomic E-state index is -1.14. The van der Waals surface area contributed by atoms with Gasteiger partial charge in [-0.05, 0) is 0 Å². The Kier molecular flexibility index (Phi) is 6.02. The van der Waals surface area contributed by atoms with E-state index in [1.54, 1.807) is 6.92 Å². The number of esters is 1. The second-order valence-electron chi connectivity index (χ2n) is 5.26. The van der Waals surface area contributed by atoms with Crippen molar-refractivity contribution in [1.82, 2.24) is 0 Å². The number of hydrogen-bond donors (Lipinski definition) is 0. The molecule has 0 spiro atoms. The van der Waals surface area contributed by atoms with E-state index in [1.807, 2.05) is 30.3 Å². The van der Waals surface area contributed by atoms with Gasteiger partial charge in [0.1, 0.15) is 0 Å². The van der Waals surface area contributed by atoms with Crippen molar-refractivity contribution in [3.63, 3.8) is 0 Å². The first-order valence-corrected chi connectivity index (χ1v) is 9.78. The monoisotopic (exact) mass is 394 g/mol. The molecule has 2 rings (SSSR count). The molecule has 0 aliphatic heterocycles. The van der Waals surface area contributed by atoms with Crippen LogP contribution in [0.4, 0.5) is 0 Å². The first kappa shape index (κ1) is 17.1. The number of carbonyl (C=O) groups excluding carboxylic acids is 1. The summed E-state index contributed by atoms with van der Waals surface area (Å²) in [5.74, 6) is -0.368. The van der Waals surface area contributed by atoms with Crippen LogP contribution < -0.4 is 4.46 Å². The third kappa shape index (κ3) is 3.76. The van der Waals surface area contributed by atoms with Crippen molar-refractivity contribution in [3.05, 3.63) is 30.3 Å². The van der Waals surface area contributed by atoms with E-state index in [9.17, 15) is 4.79 Å². The molecule has 0 amide bonds. The van der Waals surface area contributed by atoms with Crippen molar-refractivity contribution < 1.29 is 9.53 Å². The van der Waals surface area contributed by atoms with Crippen LogP contribution in [-0.4, -0.2) is 36.2 Å². The van der Waals surface area contributed by atoms with Gasteiger partial charge in [-0.3, -0.25) is 0 Å². The van der Waals surface area contributed by atoms with Crippen LogP contribution in [0.5, 0.6) is 0 Å². The molecule has 2 nitrogen and oxygen atoms in total. The average Bonchev–Trinajstić information content (AvgIpc) is 2.49. The van der Waals surface area contributed by atoms with Crippen LogP contribution in [0, 0.1) is 0 Å². The van der Waals surface area contributed by atoms with Gasteiger partial charge in [0.05, 0.1) is 0 Å². The quantitative estimate of drug-likeness (QED) is 0.435. The first-order valence-electron chi connectivity index (χ1n) is 7.31. The molecule has 0 saturated heterocycles. The first-order chi connectivity index (χ1) is 10.0. The third-order valence-corrected chi connectivity index (χ3v) is 8.52. The van der Waals surface area contributed by atoms with Crippen molar-refractivity contribution in [2.45, 2.75) is 47.7 Å². The van der Waals surface area contributed by atoms with Gasteiger partial charge in [-0.25, -0.2) is 0 Å². The van der Waals surface area contributed by atoms with Crippen molar-refractivity contribution in [3.8, 4) is 0 Å². The van der Waals surface area contributed by atoms with Crippen LogP contribution in [0.1, 0.15) is 39.0 Å². The topological polar surface area (TPSA) is 26.3 Å². The standard InChI is InChI=1S/C16H20Cl2O2Se/c1-2-20-14(19)16(18,15(17)11-7-4-8-12-15)21-13-9-5-3-6-10-13/h3,5-6,9-10H,2,4,7-8,11-12H2,1H3. The molecule has 1 fully saturated rings. The molecule has 1 aromatic rings. The van der Waals surface area contributed by atoms with Gasteiger partial charge in [0.25, 0.3) is 0 Å². The summed E-state index contributed by atoms with van der Waals surface area (Å²) in [5.41, 5.74) is 0. The van der Waals surface area contributed by atoms with Crippen LogP contribution in [0.25, 0.3) is 0 Å². The second kappa shape index (κ2) is 7.37. The summed E-state index contributed by atoms with van der Waals surface area (Å²) in [7, 11) is 0. The maximum atomic E-state index is 12.6. The number of carbonyl (C=O) groups is 1. The Morgan fingerprint density at radius 1 is 1.29 bits per heavy atom. The normalized spacial score (nSPS) is 20.5. The predicted octanol–water partition coefficient (Wildman–Crippen LogP) is 3.46. The van der Waals surface area contributed by atoms with Crippen molar-refractivity contribution in [2.24, 2.45) is 0 Å². The summed E-state index contributed by atoms with van der Waals surface area (Å²) in [6, 6.07) is 9.87. The predicted molar refractivity (Wildman–Crippen MR) is 88.7 cm³/mol. The van der Waals surface area contributed by atoms with E-state index < -0.39 is 8.65 Å². The second-order valence-corrected chi connectivity index (χ2v) is 9.76. The van der Waals surface area contributed by atoms with Crippen molar-refractivity contribution in [2.75, 3.05) is 6.61 Å². The number of halogens is 2. The van der Waals surface area contributed by atoms with Crippen LogP contribution in [0.15, 0.2) is 30.3 Å². The summed E-state index contributed by atoms with van der Waals surface area (Å²) < 4.78 is 5.19. The maximum absolute atomic E-state index is 12.6. The molecular weight excluding hydrogens is 374 g/mol. The van der Waals surface area contributed by atoms with E-state index >= 15 is 0 Å². The Bertz CT molecular complexity index is 474. The fourth-order valence-electron chi connectivity index (χ4n) is 2.62. The van der Waals surface area contributed by atoms with E-state index in [0.29, 0.717) is 6.61 Å². The van der Waals surface area contributed by atoms with Gasteiger partial charge in [-0.15, -0.1) is 0 Å². The molecule has 1 unspecified atom stereocenters. The van der Waals surface area contributed by atoms with E-state index in [1.165, 1.54) is 0 Å². The zero-order valence-electron chi connectivity index (χ0n) is 12.1. The molecule has 0 bridgehead atoms. The Balaban J connectivity index is 2.31. The van der Waals surface area contributed by atoms with Gasteiger partial charge in [0.2, 0.25) is 0 Å². The van der Waals surface area contributed by atoms with Crippen LogP contribution in [-0.2, 0) is 9.53 Å². The summed E-state index contributed by atoms with van der Waals surface area (Å²) >= 11 is 13.4. The van der Waals surface area contributed by atoms with Gasteiger partial charge in [0, 0.05) is 0 Å². The van der Waals surface area contributed by atoms with Crippen LogP contribution in [0.2, 0.25) is 0 Å². The average molecular weight is 394 g/mol. The van der Waals surface area contributed by atoms with Crippen molar-refractivity contribution >= 4 is 48.6 Å². The van der Waals surface area contributed by atoms with Gasteiger partial charge in [-0.1, -0.05) is 0 Å². The molecule has 5 heteroatoms. The molecule has 0 aromatic heterocycles. The zero-order chi connectivity index (χ0) is 15.3. The van der Waals surface area contributed by atoms with Crippen molar-refractivity contribution in [1.29, 1.82) is 0 Å². The van der Waals surface area contributed by atoms with Gasteiger partial charge < -0.3 is 0 Å². The van der Waals surface area contributed by atoms with Crippen LogP contribution in [0.3, 0.4) is 0 Å². The fraction of sp³-hybridized carbons (Fsp3) is 0.562. The molecule has 0 heterocycles. The molecule has 0 N–H and O–H groups in total. The van der Waals surface area contributed by atoms with Gasteiger partial charge >= 0.3 is 143 Å². The van der Waals surface area contributed by atoms with E-state index in [0.717, 1.165) is 36.6 Å². The molecule has 1 atom stereocenters. The number of ether oxygens (including phenoxy) is 1. The molecule has 1 aliphatic rings. The third-order valence-electron chi connectivity index (χ3n) is 3.76. The SMILES string of the molecule is CCOC(=O)C(Cl)([Se]c1ccccc1)C1(Cl)CCCCC1. The molecule has 1 aliphatic carbocycles. The minimum absolute atomic E-state index is 0.277. The molecule has 1 saturated carbocycles. The molecule has 21 heavy (non-hydrogen) atoms. The van der Waals surface area contributed by atoms with E-state index in [4.69, 9.17) is 27.9 Å². The van der Waals surface area contributed by atoms with Gasteiger partial charge in [0.15, 0.2) is 0 Å². The summed E-state index contributed by atoms with van der Waals surface area (Å²) in [5, 5.41) is 0. The zero-order valence-corrected chi connectivity index (χ0v) is 15.3. The number of alkyl halides is 2. The number of benzene rings is 1. The van der Waals surface area contributed by atoms with E-state index in [-0.39, 0.29) is 20.9 Å². The van der Waals surface area contributed by atoms with Crippen LogP contribution >= 0.6 is 23.2 Å². The Morgan fingerprint density at radius 3 is 2.48 bits per heavy atom. The van der Waals surface area contributed by atoms with Gasteiger partial charge in [-0.2, -0.15) is 0 Å². The summed E-state index contributed by atoms with van der Waals surface area (Å²) in [6.07, 6.45) is 4.73. The molecule has 1 aromatic carbocycles. The molecule has 116 valence electrons. The number of hydrogen-bond acceptors (Lipinski definition) is 2. The Morgan fingerprint density at radius 2 is 1.90 bits per heavy atom. The Hall–Kier alpha value is -0.211. The van der Waals surface area contributed by atoms with E-state index in [2.05, 4.69) is 0 Å².